The Labute approximate surface area is 170 Å². The Morgan fingerprint density at radius 1 is 1.11 bits per heavy atom. The Bertz CT molecular complexity index is 1170. The topological polar surface area (TPSA) is 103 Å². The number of azo groups is 1. The van der Waals surface area contributed by atoms with Crippen LogP contribution >= 0.6 is 23.2 Å². The van der Waals surface area contributed by atoms with Gasteiger partial charge in [0.2, 0.25) is 5.88 Å². The van der Waals surface area contributed by atoms with Gasteiger partial charge in [-0.3, -0.25) is 10.2 Å². The summed E-state index contributed by atoms with van der Waals surface area (Å²) in [5.41, 5.74) is 3.04. The Balaban J connectivity index is 2.11. The van der Waals surface area contributed by atoms with Crippen LogP contribution in [0, 0.1) is 18.3 Å². The van der Waals surface area contributed by atoms with E-state index in [4.69, 9.17) is 23.2 Å². The average Bonchev–Trinajstić information content (AvgIpc) is 2.69. The Kier molecular flexibility index (Phi) is 5.64. The molecule has 0 saturated heterocycles. The quantitative estimate of drug-likeness (QED) is 0.563. The predicted octanol–water partition coefficient (Wildman–Crippen LogP) is 5.33. The number of rotatable bonds is 4. The highest BCUT2D eigenvalue weighted by Gasteiger charge is 2.19. The van der Waals surface area contributed by atoms with Crippen LogP contribution in [-0.2, 0) is 0 Å². The summed E-state index contributed by atoms with van der Waals surface area (Å²) in [4.78, 5) is 12.9. The van der Waals surface area contributed by atoms with E-state index in [1.165, 1.54) is 13.0 Å². The van der Waals surface area contributed by atoms with Crippen molar-refractivity contribution >= 4 is 40.3 Å². The molecule has 0 aliphatic carbocycles. The molecule has 0 fully saturated rings. The molecule has 1 heterocycles. The molecule has 0 unspecified atom stereocenters. The molecule has 2 aromatic carbocycles. The minimum Gasteiger partial charge on any atom is -0.492 e. The van der Waals surface area contributed by atoms with Gasteiger partial charge in [-0.05, 0) is 37.3 Å². The first-order valence-electron chi connectivity index (χ1n) is 8.00. The second kappa shape index (κ2) is 8.13. The zero-order valence-electron chi connectivity index (χ0n) is 14.5. The highest BCUT2D eigenvalue weighted by atomic mass is 35.5. The molecule has 3 aromatic rings. The molecule has 0 bridgehead atoms. The lowest BCUT2D eigenvalue weighted by Crippen LogP contribution is -2.27. The van der Waals surface area contributed by atoms with Gasteiger partial charge < -0.3 is 5.11 Å². The molecular weight excluding hydrogens is 401 g/mol. The van der Waals surface area contributed by atoms with Crippen molar-refractivity contribution in [3.8, 4) is 11.9 Å². The highest BCUT2D eigenvalue weighted by molar-refractivity contribution is 6.42. The largest absolute Gasteiger partial charge is 0.492 e. The second-order valence-electron chi connectivity index (χ2n) is 5.70. The number of aromatic nitrogens is 1. The molecule has 2 N–H and O–H groups in total. The zero-order valence-corrected chi connectivity index (χ0v) is 16.0. The molecule has 1 aromatic heterocycles. The van der Waals surface area contributed by atoms with E-state index in [1.807, 2.05) is 6.07 Å². The van der Waals surface area contributed by atoms with Crippen molar-refractivity contribution in [2.45, 2.75) is 6.92 Å². The molecule has 28 heavy (non-hydrogen) atoms. The van der Waals surface area contributed by atoms with E-state index in [9.17, 15) is 15.2 Å². The number of nitrogens with one attached hydrogen (secondary N) is 1. The standard InChI is InChI=1S/C19H13Cl2N5O2/c1-11-14(10-22)18(27)26(25-12-5-3-2-4-6-12)19(28)17(11)24-23-13-7-8-15(20)16(21)9-13/h2-9,25,27H,1H3. The van der Waals surface area contributed by atoms with Gasteiger partial charge in [0.15, 0.2) is 5.69 Å². The normalized spacial score (nSPS) is 10.8. The fourth-order valence-corrected chi connectivity index (χ4v) is 2.70. The van der Waals surface area contributed by atoms with Gasteiger partial charge in [0.1, 0.15) is 11.6 Å². The molecule has 0 amide bonds. The number of halogens is 2. The zero-order chi connectivity index (χ0) is 20.3. The predicted molar refractivity (Wildman–Crippen MR) is 108 cm³/mol. The molecule has 0 radical (unpaired) electrons. The smallest absolute Gasteiger partial charge is 0.300 e. The van der Waals surface area contributed by atoms with Gasteiger partial charge in [0, 0.05) is 5.56 Å². The van der Waals surface area contributed by atoms with Crippen LogP contribution in [0.25, 0.3) is 0 Å². The lowest BCUT2D eigenvalue weighted by molar-refractivity contribution is 0.425. The molecule has 140 valence electrons. The van der Waals surface area contributed by atoms with Crippen LogP contribution < -0.4 is 11.0 Å². The van der Waals surface area contributed by atoms with Gasteiger partial charge in [-0.15, -0.1) is 5.11 Å². The summed E-state index contributed by atoms with van der Waals surface area (Å²) in [6.45, 7) is 1.51. The fraction of sp³-hybridized carbons (Fsp3) is 0.0526. The van der Waals surface area contributed by atoms with Crippen LogP contribution in [0.4, 0.5) is 17.1 Å². The van der Waals surface area contributed by atoms with E-state index in [2.05, 4.69) is 15.7 Å². The van der Waals surface area contributed by atoms with E-state index in [-0.39, 0.29) is 16.8 Å². The maximum atomic E-state index is 12.9. The number of hydrogen-bond donors (Lipinski definition) is 2. The van der Waals surface area contributed by atoms with E-state index in [0.29, 0.717) is 21.4 Å². The number of nitrogens with zero attached hydrogens (tertiary/aromatic N) is 4. The van der Waals surface area contributed by atoms with Crippen LogP contribution in [0.2, 0.25) is 10.0 Å². The van der Waals surface area contributed by atoms with Crippen LogP contribution in [0.15, 0.2) is 63.6 Å². The number of nitriles is 1. The van der Waals surface area contributed by atoms with Crippen molar-refractivity contribution in [1.82, 2.24) is 4.68 Å². The van der Waals surface area contributed by atoms with Crippen LogP contribution in [0.5, 0.6) is 5.88 Å². The molecule has 9 heteroatoms. The van der Waals surface area contributed by atoms with Crippen molar-refractivity contribution < 1.29 is 5.11 Å². The highest BCUT2D eigenvalue weighted by Crippen LogP contribution is 2.29. The number of anilines is 1. The summed E-state index contributed by atoms with van der Waals surface area (Å²) in [5.74, 6) is -0.512. The summed E-state index contributed by atoms with van der Waals surface area (Å²) in [6, 6.07) is 15.2. The third-order valence-electron chi connectivity index (χ3n) is 3.87. The van der Waals surface area contributed by atoms with Gasteiger partial charge >= 0.3 is 0 Å². The van der Waals surface area contributed by atoms with Crippen LogP contribution in [-0.4, -0.2) is 9.78 Å². The maximum Gasteiger partial charge on any atom is 0.300 e. The first kappa shape index (κ1) is 19.4. The molecular formula is C19H13Cl2N5O2. The Morgan fingerprint density at radius 3 is 2.46 bits per heavy atom. The first-order valence-corrected chi connectivity index (χ1v) is 8.75. The fourth-order valence-electron chi connectivity index (χ4n) is 2.41. The van der Waals surface area contributed by atoms with Gasteiger partial charge in [-0.2, -0.15) is 15.1 Å². The third kappa shape index (κ3) is 3.83. The van der Waals surface area contributed by atoms with Gasteiger partial charge in [-0.25, -0.2) is 0 Å². The van der Waals surface area contributed by atoms with E-state index >= 15 is 0 Å². The van der Waals surface area contributed by atoms with Gasteiger partial charge in [0.05, 0.1) is 21.4 Å². The number of hydrogen-bond acceptors (Lipinski definition) is 6. The lowest BCUT2D eigenvalue weighted by atomic mass is 10.1. The summed E-state index contributed by atoms with van der Waals surface area (Å²) in [7, 11) is 0. The average molecular weight is 414 g/mol. The molecule has 0 saturated carbocycles. The summed E-state index contributed by atoms with van der Waals surface area (Å²) < 4.78 is 0.851. The van der Waals surface area contributed by atoms with Crippen molar-refractivity contribution in [1.29, 1.82) is 5.26 Å². The van der Waals surface area contributed by atoms with Crippen LogP contribution in [0.1, 0.15) is 11.1 Å². The van der Waals surface area contributed by atoms with Gasteiger partial charge in [0.25, 0.3) is 5.56 Å². The number of benzene rings is 2. The van der Waals surface area contributed by atoms with E-state index in [0.717, 1.165) is 4.68 Å². The molecule has 0 spiro atoms. The molecule has 7 nitrogen and oxygen atoms in total. The number of para-hydroxylation sites is 1. The third-order valence-corrected chi connectivity index (χ3v) is 4.61. The second-order valence-corrected chi connectivity index (χ2v) is 6.52. The molecule has 0 atom stereocenters. The number of pyridine rings is 1. The van der Waals surface area contributed by atoms with Crippen molar-refractivity contribution in [2.75, 3.05) is 5.43 Å². The molecule has 3 rings (SSSR count). The van der Waals surface area contributed by atoms with E-state index < -0.39 is 11.4 Å². The summed E-state index contributed by atoms with van der Waals surface area (Å²) in [6.07, 6.45) is 0. The summed E-state index contributed by atoms with van der Waals surface area (Å²) in [5, 5.41) is 28.4. The minimum atomic E-state index is -0.665. The Hall–Kier alpha value is -3.34. The lowest BCUT2D eigenvalue weighted by Gasteiger charge is -2.14. The summed E-state index contributed by atoms with van der Waals surface area (Å²) >= 11 is 11.8. The molecule has 0 aliphatic heterocycles. The Morgan fingerprint density at radius 2 is 1.82 bits per heavy atom. The van der Waals surface area contributed by atoms with Crippen LogP contribution in [0.3, 0.4) is 0 Å². The SMILES string of the molecule is Cc1c(C#N)c(O)n(Nc2ccccc2)c(=O)c1N=Nc1ccc(Cl)c(Cl)c1. The van der Waals surface area contributed by atoms with Crippen molar-refractivity contribution in [3.05, 3.63) is 80.1 Å². The maximum absolute atomic E-state index is 12.9. The van der Waals surface area contributed by atoms with Gasteiger partial charge in [-0.1, -0.05) is 41.4 Å². The number of aromatic hydroxyl groups is 1. The minimum absolute atomic E-state index is 0.0916. The van der Waals surface area contributed by atoms with Crippen molar-refractivity contribution in [2.24, 2.45) is 10.2 Å². The molecule has 0 aliphatic rings. The first-order chi connectivity index (χ1) is 13.4. The van der Waals surface area contributed by atoms with Crippen molar-refractivity contribution in [3.63, 3.8) is 0 Å². The monoisotopic (exact) mass is 413 g/mol. The van der Waals surface area contributed by atoms with E-state index in [1.54, 1.807) is 42.5 Å².